The van der Waals surface area contributed by atoms with E-state index in [9.17, 15) is 4.79 Å². The lowest BCUT2D eigenvalue weighted by Gasteiger charge is -2.34. The third-order valence-electron chi connectivity index (χ3n) is 3.22. The van der Waals surface area contributed by atoms with Crippen molar-refractivity contribution in [2.45, 2.75) is 6.92 Å². The van der Waals surface area contributed by atoms with Gasteiger partial charge in [-0.3, -0.25) is 9.69 Å². The Hall–Kier alpha value is -1.01. The molecule has 1 saturated heterocycles. The maximum atomic E-state index is 12.2. The van der Waals surface area contributed by atoms with Crippen LogP contribution < -0.4 is 0 Å². The molecule has 1 fully saturated rings. The minimum absolute atomic E-state index is 0.00855. The Kier molecular flexibility index (Phi) is 4.66. The van der Waals surface area contributed by atoms with E-state index in [1.165, 1.54) is 6.39 Å². The number of carbonyl (C=O) groups is 1. The van der Waals surface area contributed by atoms with Gasteiger partial charge in [-0.05, 0) is 13.2 Å². The number of nitrogens with zero attached hydrogens (tertiary/aromatic N) is 3. The van der Waals surface area contributed by atoms with Crippen LogP contribution in [-0.4, -0.2) is 65.4 Å². The highest BCUT2D eigenvalue weighted by Crippen LogP contribution is 2.11. The summed E-state index contributed by atoms with van der Waals surface area (Å²) < 4.78 is 5.08. The summed E-state index contributed by atoms with van der Waals surface area (Å²) >= 11 is 1.86. The van der Waals surface area contributed by atoms with Gasteiger partial charge in [0, 0.05) is 38.5 Å². The molecule has 18 heavy (non-hydrogen) atoms. The van der Waals surface area contributed by atoms with Gasteiger partial charge in [0.15, 0.2) is 12.1 Å². The average molecular weight is 269 g/mol. The molecule has 0 atom stereocenters. The molecule has 0 spiro atoms. The van der Waals surface area contributed by atoms with Crippen LogP contribution in [0.5, 0.6) is 0 Å². The highest BCUT2D eigenvalue weighted by atomic mass is 32.2. The third kappa shape index (κ3) is 3.05. The largest absolute Gasteiger partial charge is 0.448 e. The minimum atomic E-state index is -0.00855. The van der Waals surface area contributed by atoms with E-state index in [1.807, 2.05) is 16.7 Å². The second-order valence-corrected chi connectivity index (χ2v) is 5.37. The van der Waals surface area contributed by atoms with Gasteiger partial charge in [-0.15, -0.1) is 0 Å². The van der Waals surface area contributed by atoms with Crippen molar-refractivity contribution in [1.82, 2.24) is 14.8 Å². The van der Waals surface area contributed by atoms with E-state index in [2.05, 4.69) is 16.1 Å². The molecule has 1 aliphatic rings. The maximum Gasteiger partial charge on any atom is 0.276 e. The molecule has 100 valence electrons. The van der Waals surface area contributed by atoms with Crippen molar-refractivity contribution in [3.05, 3.63) is 17.8 Å². The number of rotatable bonds is 4. The fourth-order valence-electron chi connectivity index (χ4n) is 2.06. The van der Waals surface area contributed by atoms with E-state index in [0.29, 0.717) is 11.5 Å². The number of thioether (sulfide) groups is 1. The standard InChI is InChI=1S/C12H19N3O2S/c1-10-11(13-9-17-10)12(16)15-5-3-14(4-6-15)7-8-18-2/h9H,3-8H2,1-2H3. The number of amides is 1. The average Bonchev–Trinajstić information content (AvgIpc) is 2.82. The van der Waals surface area contributed by atoms with Gasteiger partial charge in [0.2, 0.25) is 0 Å². The summed E-state index contributed by atoms with van der Waals surface area (Å²) in [5.41, 5.74) is 0.451. The molecule has 6 heteroatoms. The lowest BCUT2D eigenvalue weighted by molar-refractivity contribution is 0.0638. The van der Waals surface area contributed by atoms with Gasteiger partial charge in [0.1, 0.15) is 5.76 Å². The van der Waals surface area contributed by atoms with Crippen LogP contribution in [0.3, 0.4) is 0 Å². The molecule has 0 aliphatic carbocycles. The number of carbonyl (C=O) groups excluding carboxylic acids is 1. The summed E-state index contributed by atoms with van der Waals surface area (Å²) in [5, 5.41) is 0. The molecule has 0 aromatic carbocycles. The van der Waals surface area contributed by atoms with Crippen LogP contribution in [0.1, 0.15) is 16.2 Å². The van der Waals surface area contributed by atoms with Crippen LogP contribution in [0.4, 0.5) is 0 Å². The molecule has 1 aliphatic heterocycles. The van der Waals surface area contributed by atoms with Crippen molar-refractivity contribution in [3.8, 4) is 0 Å². The normalized spacial score (nSPS) is 17.1. The quantitative estimate of drug-likeness (QED) is 0.819. The number of aryl methyl sites for hydroxylation is 1. The van der Waals surface area contributed by atoms with Gasteiger partial charge in [-0.1, -0.05) is 0 Å². The zero-order chi connectivity index (χ0) is 13.0. The predicted octanol–water partition coefficient (Wildman–Crippen LogP) is 1.10. The monoisotopic (exact) mass is 269 g/mol. The molecule has 1 amide bonds. The van der Waals surface area contributed by atoms with Crippen molar-refractivity contribution in [1.29, 1.82) is 0 Å². The fourth-order valence-corrected chi connectivity index (χ4v) is 2.50. The van der Waals surface area contributed by atoms with Gasteiger partial charge in [-0.25, -0.2) is 4.98 Å². The zero-order valence-corrected chi connectivity index (χ0v) is 11.7. The van der Waals surface area contributed by atoms with E-state index < -0.39 is 0 Å². The molecule has 0 radical (unpaired) electrons. The van der Waals surface area contributed by atoms with Crippen LogP contribution in [-0.2, 0) is 0 Å². The molecule has 2 heterocycles. The van der Waals surface area contributed by atoms with Gasteiger partial charge in [0.25, 0.3) is 5.91 Å². The summed E-state index contributed by atoms with van der Waals surface area (Å²) in [6, 6.07) is 0. The van der Waals surface area contributed by atoms with Gasteiger partial charge < -0.3 is 9.32 Å². The summed E-state index contributed by atoms with van der Waals surface area (Å²) in [6.07, 6.45) is 3.45. The Bertz CT molecular complexity index is 400. The first-order chi connectivity index (χ1) is 8.72. The summed E-state index contributed by atoms with van der Waals surface area (Å²) in [6.45, 7) is 6.33. The molecule has 5 nitrogen and oxygen atoms in total. The first kappa shape index (κ1) is 13.4. The molecule has 0 N–H and O–H groups in total. The predicted molar refractivity (Wildman–Crippen MR) is 72.0 cm³/mol. The fraction of sp³-hybridized carbons (Fsp3) is 0.667. The van der Waals surface area contributed by atoms with Gasteiger partial charge in [-0.2, -0.15) is 11.8 Å². The number of piperazine rings is 1. The molecule has 0 unspecified atom stereocenters. The van der Waals surface area contributed by atoms with Crippen molar-refractivity contribution in [2.24, 2.45) is 0 Å². The van der Waals surface area contributed by atoms with E-state index in [4.69, 9.17) is 4.42 Å². The molecule has 1 aromatic rings. The summed E-state index contributed by atoms with van der Waals surface area (Å²) in [4.78, 5) is 20.4. The van der Waals surface area contributed by atoms with Crippen LogP contribution in [0.2, 0.25) is 0 Å². The maximum absolute atomic E-state index is 12.2. The summed E-state index contributed by atoms with van der Waals surface area (Å²) in [7, 11) is 0. The zero-order valence-electron chi connectivity index (χ0n) is 10.9. The van der Waals surface area contributed by atoms with Crippen LogP contribution >= 0.6 is 11.8 Å². The molecular weight excluding hydrogens is 250 g/mol. The second kappa shape index (κ2) is 6.24. The topological polar surface area (TPSA) is 49.6 Å². The molecule has 2 rings (SSSR count). The van der Waals surface area contributed by atoms with Crippen LogP contribution in [0.25, 0.3) is 0 Å². The lowest BCUT2D eigenvalue weighted by Crippen LogP contribution is -2.49. The minimum Gasteiger partial charge on any atom is -0.448 e. The number of aromatic nitrogens is 1. The van der Waals surface area contributed by atoms with Crippen molar-refractivity contribution in [2.75, 3.05) is 44.7 Å². The van der Waals surface area contributed by atoms with E-state index >= 15 is 0 Å². The summed E-state index contributed by atoms with van der Waals surface area (Å²) in [5.74, 6) is 1.74. The lowest BCUT2D eigenvalue weighted by atomic mass is 10.2. The van der Waals surface area contributed by atoms with E-state index in [0.717, 1.165) is 38.5 Å². The second-order valence-electron chi connectivity index (χ2n) is 4.38. The Morgan fingerprint density at radius 2 is 2.17 bits per heavy atom. The smallest absolute Gasteiger partial charge is 0.276 e. The highest BCUT2D eigenvalue weighted by Gasteiger charge is 2.24. The molecule has 1 aromatic heterocycles. The van der Waals surface area contributed by atoms with Crippen molar-refractivity contribution < 1.29 is 9.21 Å². The molecule has 0 bridgehead atoms. The Morgan fingerprint density at radius 3 is 2.72 bits per heavy atom. The van der Waals surface area contributed by atoms with E-state index in [-0.39, 0.29) is 5.91 Å². The first-order valence-electron chi connectivity index (χ1n) is 6.13. The first-order valence-corrected chi connectivity index (χ1v) is 7.52. The Balaban J connectivity index is 1.86. The Labute approximate surface area is 112 Å². The van der Waals surface area contributed by atoms with Gasteiger partial charge >= 0.3 is 0 Å². The van der Waals surface area contributed by atoms with Crippen molar-refractivity contribution >= 4 is 17.7 Å². The van der Waals surface area contributed by atoms with E-state index in [1.54, 1.807) is 6.92 Å². The highest BCUT2D eigenvalue weighted by molar-refractivity contribution is 7.98. The molecule has 0 saturated carbocycles. The number of hydrogen-bond acceptors (Lipinski definition) is 5. The molecular formula is C12H19N3O2S. The third-order valence-corrected chi connectivity index (χ3v) is 3.81. The van der Waals surface area contributed by atoms with Crippen LogP contribution in [0, 0.1) is 6.92 Å². The number of hydrogen-bond donors (Lipinski definition) is 0. The van der Waals surface area contributed by atoms with Crippen molar-refractivity contribution in [3.63, 3.8) is 0 Å². The Morgan fingerprint density at radius 1 is 1.44 bits per heavy atom. The van der Waals surface area contributed by atoms with Crippen LogP contribution in [0.15, 0.2) is 10.8 Å². The number of oxazole rings is 1. The SMILES string of the molecule is CSCCN1CCN(C(=O)c2ncoc2C)CC1. The van der Waals surface area contributed by atoms with Gasteiger partial charge in [0.05, 0.1) is 0 Å².